The lowest BCUT2D eigenvalue weighted by atomic mass is 10.4. The first-order chi connectivity index (χ1) is 16.9. The van der Waals surface area contributed by atoms with Gasteiger partial charge in [0.15, 0.2) is 0 Å². The van der Waals surface area contributed by atoms with E-state index in [1.165, 1.54) is 26.5 Å². The Bertz CT molecular complexity index is 1050. The summed E-state index contributed by atoms with van der Waals surface area (Å²) in [6.45, 7) is 6.00. The zero-order valence-corrected chi connectivity index (χ0v) is 21.2. The maximum absolute atomic E-state index is 3.00. The van der Waals surface area contributed by atoms with Gasteiger partial charge in [0.1, 0.15) is 0 Å². The highest BCUT2D eigenvalue weighted by Gasteiger charge is 2.14. The summed E-state index contributed by atoms with van der Waals surface area (Å²) >= 11 is 0. The smallest absolute Gasteiger partial charge is 0.0134 e. The first kappa shape index (κ1) is 25.3. The second-order valence-electron chi connectivity index (χ2n) is 7.20. The summed E-state index contributed by atoms with van der Waals surface area (Å²) in [5, 5.41) is 6.99. The van der Waals surface area contributed by atoms with Crippen molar-refractivity contribution in [3.05, 3.63) is 165 Å². The molecule has 0 nitrogen and oxygen atoms in total. The minimum Gasteiger partial charge on any atom is -0.106 e. The average molecular weight is 477 g/mol. The Kier molecular flexibility index (Phi) is 11.0. The van der Waals surface area contributed by atoms with Gasteiger partial charge in [0.25, 0.3) is 0 Å². The number of benzene rings is 5. The molecule has 0 amide bonds. The summed E-state index contributed by atoms with van der Waals surface area (Å²) in [6, 6.07) is 53.5. The highest BCUT2D eigenvalue weighted by molar-refractivity contribution is 7.79. The third-order valence-electron chi connectivity index (χ3n) is 4.88. The summed E-state index contributed by atoms with van der Waals surface area (Å²) in [4.78, 5) is 0. The highest BCUT2D eigenvalue weighted by atomic mass is 31.1. The van der Waals surface area contributed by atoms with Crippen LogP contribution < -0.4 is 26.5 Å². The number of hydrogen-bond acceptors (Lipinski definition) is 0. The molecule has 34 heavy (non-hydrogen) atoms. The van der Waals surface area contributed by atoms with Crippen molar-refractivity contribution in [2.45, 2.75) is 0 Å². The van der Waals surface area contributed by atoms with E-state index in [1.807, 2.05) is 0 Å². The quantitative estimate of drug-likeness (QED) is 0.199. The van der Waals surface area contributed by atoms with E-state index in [9.17, 15) is 0 Å². The molecule has 0 aliphatic heterocycles. The molecule has 0 aliphatic carbocycles. The van der Waals surface area contributed by atoms with Crippen molar-refractivity contribution >= 4 is 43.0 Å². The van der Waals surface area contributed by atoms with Crippen LogP contribution in [0.15, 0.2) is 165 Å². The predicted octanol–water partition coefficient (Wildman–Crippen LogP) is 6.56. The molecule has 2 heteroatoms. The topological polar surface area (TPSA) is 0 Å². The van der Waals surface area contributed by atoms with Gasteiger partial charge in [-0.25, -0.2) is 0 Å². The van der Waals surface area contributed by atoms with Gasteiger partial charge >= 0.3 is 0 Å². The molecule has 168 valence electrons. The molecule has 0 spiro atoms. The van der Waals surface area contributed by atoms with Gasteiger partial charge in [0.05, 0.1) is 0 Å². The van der Waals surface area contributed by atoms with Crippen LogP contribution >= 0.6 is 16.5 Å². The van der Waals surface area contributed by atoms with Gasteiger partial charge in [0.2, 0.25) is 0 Å². The van der Waals surface area contributed by atoms with Crippen LogP contribution in [0.4, 0.5) is 0 Å². The molecule has 5 aromatic carbocycles. The maximum atomic E-state index is 3.00. The van der Waals surface area contributed by atoms with E-state index in [0.29, 0.717) is 0 Å². The van der Waals surface area contributed by atoms with Crippen LogP contribution in [-0.2, 0) is 0 Å². The third-order valence-corrected chi connectivity index (χ3v) is 8.57. The zero-order valence-electron chi connectivity index (χ0n) is 19.3. The minimum atomic E-state index is -0.446. The van der Waals surface area contributed by atoms with E-state index in [0.717, 1.165) is 8.58 Å². The van der Waals surface area contributed by atoms with Gasteiger partial charge in [-0.3, -0.25) is 0 Å². The fraction of sp³-hybridized carbons (Fsp3) is 0. The standard InChI is InChI=1S/C18H15P.C12H11P.C2H4/c1-4-10-16(11-5-1)19(17-12-6-2-7-13-17)18-14-8-3-9-15-18;1-3-7-11(8-4-1)13-12-9-5-2-6-10-12;1-2/h1-15H;1-10,13H;1-2H2. The Labute approximate surface area is 207 Å². The molecule has 0 aliphatic rings. The van der Waals surface area contributed by atoms with Crippen LogP contribution in [-0.4, -0.2) is 0 Å². The zero-order chi connectivity index (χ0) is 23.8. The fourth-order valence-electron chi connectivity index (χ4n) is 3.39. The maximum Gasteiger partial charge on any atom is -0.0134 e. The molecule has 0 fully saturated rings. The minimum absolute atomic E-state index is 0.446. The molecule has 0 heterocycles. The second kappa shape index (κ2) is 14.8. The van der Waals surface area contributed by atoms with Crippen molar-refractivity contribution in [3.8, 4) is 0 Å². The molecule has 0 bridgehead atoms. The van der Waals surface area contributed by atoms with Crippen molar-refractivity contribution in [1.82, 2.24) is 0 Å². The molecule has 0 saturated heterocycles. The lowest BCUT2D eigenvalue weighted by Gasteiger charge is -2.18. The van der Waals surface area contributed by atoms with Crippen molar-refractivity contribution in [3.63, 3.8) is 0 Å². The molecule has 5 rings (SSSR count). The third kappa shape index (κ3) is 7.93. The molecule has 0 N–H and O–H groups in total. The van der Waals surface area contributed by atoms with Gasteiger partial charge in [-0.1, -0.05) is 160 Å². The van der Waals surface area contributed by atoms with Gasteiger partial charge < -0.3 is 0 Å². The van der Waals surface area contributed by atoms with Gasteiger partial charge in [-0.15, -0.1) is 13.2 Å². The highest BCUT2D eigenvalue weighted by Crippen LogP contribution is 2.32. The Balaban J connectivity index is 0.000000189. The summed E-state index contributed by atoms with van der Waals surface area (Å²) in [7, 11) is 0.331. The largest absolute Gasteiger partial charge is 0.106 e. The molecule has 0 unspecified atom stereocenters. The molecule has 0 aromatic heterocycles. The normalized spacial score (nSPS) is 9.79. The van der Waals surface area contributed by atoms with E-state index >= 15 is 0 Å². The van der Waals surface area contributed by atoms with Crippen LogP contribution in [0.3, 0.4) is 0 Å². The van der Waals surface area contributed by atoms with E-state index in [-0.39, 0.29) is 0 Å². The van der Waals surface area contributed by atoms with Crippen LogP contribution in [0.5, 0.6) is 0 Å². The number of hydrogen-bond donors (Lipinski definition) is 0. The van der Waals surface area contributed by atoms with Crippen molar-refractivity contribution in [2.75, 3.05) is 0 Å². The molecule has 0 atom stereocenters. The lowest BCUT2D eigenvalue weighted by Crippen LogP contribution is -2.20. The van der Waals surface area contributed by atoms with E-state index in [1.54, 1.807) is 0 Å². The molecule has 0 saturated carbocycles. The molecular formula is C32H30P2. The van der Waals surface area contributed by atoms with Gasteiger partial charge in [0, 0.05) is 0 Å². The summed E-state index contributed by atoms with van der Waals surface area (Å²) in [6.07, 6.45) is 0. The van der Waals surface area contributed by atoms with Gasteiger partial charge in [-0.2, -0.15) is 0 Å². The van der Waals surface area contributed by atoms with E-state index < -0.39 is 7.92 Å². The first-order valence-corrected chi connectivity index (χ1v) is 13.6. The molecule has 5 aromatic rings. The summed E-state index contributed by atoms with van der Waals surface area (Å²) in [5.41, 5.74) is 0. The van der Waals surface area contributed by atoms with Gasteiger partial charge in [-0.05, 0) is 34.4 Å². The predicted molar refractivity (Wildman–Crippen MR) is 157 cm³/mol. The Morgan fingerprint density at radius 1 is 0.353 bits per heavy atom. The van der Waals surface area contributed by atoms with Crippen LogP contribution in [0.25, 0.3) is 0 Å². The molecular weight excluding hydrogens is 446 g/mol. The fourth-order valence-corrected chi connectivity index (χ4v) is 6.74. The van der Waals surface area contributed by atoms with Crippen LogP contribution in [0, 0.1) is 0 Å². The monoisotopic (exact) mass is 476 g/mol. The second-order valence-corrected chi connectivity index (χ2v) is 10.8. The first-order valence-electron chi connectivity index (χ1n) is 11.2. The van der Waals surface area contributed by atoms with Crippen molar-refractivity contribution in [1.29, 1.82) is 0 Å². The number of rotatable bonds is 5. The summed E-state index contributed by atoms with van der Waals surface area (Å²) in [5.74, 6) is 0. The molecule has 0 radical (unpaired) electrons. The van der Waals surface area contributed by atoms with Crippen molar-refractivity contribution in [2.24, 2.45) is 0 Å². The Morgan fingerprint density at radius 3 is 0.853 bits per heavy atom. The average Bonchev–Trinajstić information content (AvgIpc) is 2.93. The summed E-state index contributed by atoms with van der Waals surface area (Å²) < 4.78 is 0. The van der Waals surface area contributed by atoms with E-state index in [2.05, 4.69) is 165 Å². The van der Waals surface area contributed by atoms with Crippen LogP contribution in [0.2, 0.25) is 0 Å². The Hall–Kier alpha value is -3.30. The van der Waals surface area contributed by atoms with E-state index in [4.69, 9.17) is 0 Å². The van der Waals surface area contributed by atoms with Crippen LogP contribution in [0.1, 0.15) is 0 Å². The van der Waals surface area contributed by atoms with Crippen molar-refractivity contribution < 1.29 is 0 Å². The Morgan fingerprint density at radius 2 is 0.588 bits per heavy atom. The lowest BCUT2D eigenvalue weighted by molar-refractivity contribution is 1.74. The SMILES string of the molecule is C=C.c1ccc(P(c2ccccc2)c2ccccc2)cc1.c1ccc(Pc2ccccc2)cc1.